The van der Waals surface area contributed by atoms with Crippen molar-refractivity contribution in [2.24, 2.45) is 0 Å². The first-order chi connectivity index (χ1) is 12.3. The van der Waals surface area contributed by atoms with Gasteiger partial charge in [-0.15, -0.1) is 10.2 Å². The van der Waals surface area contributed by atoms with E-state index in [1.807, 2.05) is 0 Å². The third kappa shape index (κ3) is 2.99. The third-order valence-electron chi connectivity index (χ3n) is 4.01. The number of hydrogen-bond donors (Lipinski definition) is 4. The van der Waals surface area contributed by atoms with E-state index in [1.165, 1.54) is 23.5 Å². The van der Waals surface area contributed by atoms with Gasteiger partial charge >= 0.3 is 7.60 Å². The van der Waals surface area contributed by atoms with Crippen LogP contribution in [0.15, 0.2) is 19.0 Å². The molecule has 0 radical (unpaired) electrons. The number of aliphatic hydroxyl groups excluding tert-OH is 2. The number of nitrogens with zero attached hydrogens (tertiary/aromatic N) is 6. The molecule has 0 aromatic carbocycles. The molecule has 4 N–H and O–H groups in total. The first-order valence-corrected chi connectivity index (χ1v) is 9.30. The van der Waals surface area contributed by atoms with Gasteiger partial charge in [0, 0.05) is 0 Å². The summed E-state index contributed by atoms with van der Waals surface area (Å²) in [6.45, 7) is -0.297. The van der Waals surface area contributed by atoms with E-state index >= 15 is 0 Å². The summed E-state index contributed by atoms with van der Waals surface area (Å²) in [7, 11) is -4.33. The molecule has 0 bridgehead atoms. The molecule has 1 aliphatic heterocycles. The molecule has 0 spiro atoms. The topological polar surface area (TPSA) is 177 Å². The van der Waals surface area contributed by atoms with Gasteiger partial charge in [-0.3, -0.25) is 13.5 Å². The SMILES string of the molecule is O=P(O)(O)COC[C@H]1O[C@@H](n2cnc3c2ncn2cnnc32)[C@H](O)[C@@H]1O. The fraction of sp³-hybridized carbons (Fsp3) is 0.500. The van der Waals surface area contributed by atoms with Crippen LogP contribution in [0.5, 0.6) is 0 Å². The Hall–Kier alpha value is -1.99. The molecule has 0 amide bonds. The summed E-state index contributed by atoms with van der Waals surface area (Å²) in [4.78, 5) is 26.1. The van der Waals surface area contributed by atoms with Crippen LogP contribution in [-0.2, 0) is 14.0 Å². The molecule has 0 unspecified atom stereocenters. The maximum absolute atomic E-state index is 10.8. The summed E-state index contributed by atoms with van der Waals surface area (Å²) >= 11 is 0. The first-order valence-electron chi connectivity index (χ1n) is 7.50. The fourth-order valence-electron chi connectivity index (χ4n) is 2.82. The Kier molecular flexibility index (Phi) is 4.23. The zero-order valence-corrected chi connectivity index (χ0v) is 14.0. The normalized spacial score (nSPS) is 26.9. The standard InChI is InChI=1S/C12H15N6O7P/c19-8-6(1-24-5-26(21,22)23)25-12(9(8)20)18-3-13-7-10(18)14-2-17-4-15-16-11(7)17/h2-4,6,8-9,12,19-20H,1,5H2,(H2,21,22,23)/t6-,8-,9-,12-/m1/s1. The van der Waals surface area contributed by atoms with Crippen molar-refractivity contribution in [2.45, 2.75) is 24.5 Å². The van der Waals surface area contributed by atoms with Crippen LogP contribution in [0, 0.1) is 0 Å². The van der Waals surface area contributed by atoms with Gasteiger partial charge in [-0.1, -0.05) is 0 Å². The van der Waals surface area contributed by atoms with Crippen LogP contribution in [0.4, 0.5) is 0 Å². The maximum atomic E-state index is 10.8. The summed E-state index contributed by atoms with van der Waals surface area (Å²) in [5.74, 6) is 0. The smallest absolute Gasteiger partial charge is 0.350 e. The highest BCUT2D eigenvalue weighted by atomic mass is 31.2. The van der Waals surface area contributed by atoms with E-state index in [9.17, 15) is 14.8 Å². The molecule has 0 aliphatic carbocycles. The van der Waals surface area contributed by atoms with Crippen molar-refractivity contribution >= 4 is 24.4 Å². The van der Waals surface area contributed by atoms with E-state index in [2.05, 4.69) is 20.2 Å². The summed E-state index contributed by atoms with van der Waals surface area (Å²) in [6.07, 6.45) is -1.06. The van der Waals surface area contributed by atoms with Gasteiger partial charge < -0.3 is 29.5 Å². The molecule has 4 atom stereocenters. The Bertz CT molecular complexity index is 985. The van der Waals surface area contributed by atoms with E-state index in [-0.39, 0.29) is 6.61 Å². The molecular weight excluding hydrogens is 371 g/mol. The Morgan fingerprint density at radius 3 is 2.73 bits per heavy atom. The molecule has 4 heterocycles. The molecule has 3 aromatic heterocycles. The minimum atomic E-state index is -4.33. The minimum absolute atomic E-state index is 0.297. The predicted octanol–water partition coefficient (Wildman–Crippen LogP) is -1.75. The van der Waals surface area contributed by atoms with Gasteiger partial charge in [0.25, 0.3) is 0 Å². The summed E-state index contributed by atoms with van der Waals surface area (Å²) in [6, 6.07) is 0. The van der Waals surface area contributed by atoms with E-state index in [0.717, 1.165) is 0 Å². The highest BCUT2D eigenvalue weighted by Crippen LogP contribution is 2.35. The molecule has 13 nitrogen and oxygen atoms in total. The zero-order valence-electron chi connectivity index (χ0n) is 13.1. The number of aromatic nitrogens is 6. The van der Waals surface area contributed by atoms with E-state index in [0.29, 0.717) is 16.8 Å². The second kappa shape index (κ2) is 6.32. The summed E-state index contributed by atoms with van der Waals surface area (Å²) in [5.41, 5.74) is 1.29. The lowest BCUT2D eigenvalue weighted by molar-refractivity contribution is -0.0612. The average molecular weight is 386 g/mol. The molecule has 140 valence electrons. The number of fused-ring (bicyclic) bond motifs is 3. The van der Waals surface area contributed by atoms with Crippen molar-refractivity contribution < 1.29 is 34.0 Å². The van der Waals surface area contributed by atoms with Crippen molar-refractivity contribution in [3.63, 3.8) is 0 Å². The van der Waals surface area contributed by atoms with Gasteiger partial charge in [-0.05, 0) is 0 Å². The molecule has 1 saturated heterocycles. The van der Waals surface area contributed by atoms with Crippen molar-refractivity contribution in [3.8, 4) is 0 Å². The van der Waals surface area contributed by atoms with E-state index in [1.54, 1.807) is 4.40 Å². The number of aliphatic hydroxyl groups is 2. The lowest BCUT2D eigenvalue weighted by Crippen LogP contribution is -2.33. The molecule has 1 fully saturated rings. The van der Waals surface area contributed by atoms with Gasteiger partial charge in [0.15, 0.2) is 23.0 Å². The molecule has 3 aromatic rings. The number of hydrogen-bond acceptors (Lipinski definition) is 9. The van der Waals surface area contributed by atoms with Crippen LogP contribution in [0.25, 0.3) is 16.8 Å². The molecule has 14 heteroatoms. The Morgan fingerprint density at radius 2 is 1.96 bits per heavy atom. The third-order valence-corrected chi connectivity index (χ3v) is 4.53. The molecule has 1 aliphatic rings. The Labute approximate surface area is 145 Å². The minimum Gasteiger partial charge on any atom is -0.387 e. The maximum Gasteiger partial charge on any atom is 0.350 e. The van der Waals surface area contributed by atoms with Gasteiger partial charge in [0.1, 0.15) is 37.3 Å². The Morgan fingerprint density at radius 1 is 1.15 bits per heavy atom. The number of rotatable bonds is 5. The molecule has 4 rings (SSSR count). The van der Waals surface area contributed by atoms with Crippen molar-refractivity contribution in [1.82, 2.24) is 29.1 Å². The average Bonchev–Trinajstić information content (AvgIpc) is 3.26. The largest absolute Gasteiger partial charge is 0.387 e. The quantitative estimate of drug-likeness (QED) is 0.365. The summed E-state index contributed by atoms with van der Waals surface area (Å²) < 4.78 is 24.3. The lowest BCUT2D eigenvalue weighted by atomic mass is 10.1. The van der Waals surface area contributed by atoms with Gasteiger partial charge in [0.2, 0.25) is 0 Å². The molecular formula is C12H15N6O7P. The van der Waals surface area contributed by atoms with E-state index in [4.69, 9.17) is 19.3 Å². The number of ether oxygens (including phenoxy) is 2. The van der Waals surface area contributed by atoms with Crippen molar-refractivity contribution in [2.75, 3.05) is 13.0 Å². The monoisotopic (exact) mass is 386 g/mol. The van der Waals surface area contributed by atoms with Gasteiger partial charge in [0.05, 0.1) is 12.9 Å². The van der Waals surface area contributed by atoms with Crippen LogP contribution in [0.1, 0.15) is 6.23 Å². The number of imidazole rings is 1. The predicted molar refractivity (Wildman–Crippen MR) is 82.9 cm³/mol. The van der Waals surface area contributed by atoms with Crippen LogP contribution in [0.2, 0.25) is 0 Å². The van der Waals surface area contributed by atoms with Crippen molar-refractivity contribution in [3.05, 3.63) is 19.0 Å². The van der Waals surface area contributed by atoms with Crippen LogP contribution >= 0.6 is 7.60 Å². The van der Waals surface area contributed by atoms with Crippen LogP contribution < -0.4 is 0 Å². The van der Waals surface area contributed by atoms with E-state index < -0.39 is 38.5 Å². The second-order valence-electron chi connectivity index (χ2n) is 5.84. The Balaban J connectivity index is 1.58. The first kappa shape index (κ1) is 17.4. The molecule has 26 heavy (non-hydrogen) atoms. The van der Waals surface area contributed by atoms with Crippen LogP contribution in [-0.4, -0.2) is 80.4 Å². The van der Waals surface area contributed by atoms with Crippen molar-refractivity contribution in [1.29, 1.82) is 0 Å². The van der Waals surface area contributed by atoms with Gasteiger partial charge in [-0.2, -0.15) is 0 Å². The summed E-state index contributed by atoms with van der Waals surface area (Å²) in [5, 5.41) is 28.2. The van der Waals surface area contributed by atoms with Gasteiger partial charge in [-0.25, -0.2) is 9.97 Å². The molecule has 0 saturated carbocycles. The highest BCUT2D eigenvalue weighted by Gasteiger charge is 2.44. The van der Waals surface area contributed by atoms with Crippen LogP contribution in [0.3, 0.4) is 0 Å². The second-order valence-corrected chi connectivity index (χ2v) is 7.43. The highest BCUT2D eigenvalue weighted by molar-refractivity contribution is 7.51. The zero-order chi connectivity index (χ0) is 18.5. The lowest BCUT2D eigenvalue weighted by Gasteiger charge is -2.16. The fourth-order valence-corrected chi connectivity index (χ4v) is 3.17.